The van der Waals surface area contributed by atoms with Crippen LogP contribution in [-0.4, -0.2) is 13.1 Å². The molecule has 0 heterocycles. The molecule has 1 aliphatic rings. The van der Waals surface area contributed by atoms with Crippen LogP contribution < -0.4 is 0 Å². The molecule has 0 aromatic heterocycles. The molecule has 68 valence electrons. The zero-order valence-electron chi connectivity index (χ0n) is 8.02. The highest BCUT2D eigenvalue weighted by atomic mass is 16.5. The molecule has 0 aromatic carbocycles. The Kier molecular flexibility index (Phi) is 2.55. The van der Waals surface area contributed by atoms with Crippen molar-refractivity contribution in [2.75, 3.05) is 7.11 Å². The summed E-state index contributed by atoms with van der Waals surface area (Å²) in [6, 6.07) is 0. The molecule has 2 nitrogen and oxygen atoms in total. The van der Waals surface area contributed by atoms with E-state index in [2.05, 4.69) is 24.7 Å². The molecule has 0 saturated heterocycles. The van der Waals surface area contributed by atoms with E-state index < -0.39 is 0 Å². The second-order valence-electron chi connectivity index (χ2n) is 3.74. The van der Waals surface area contributed by atoms with Crippen molar-refractivity contribution < 1.29 is 9.53 Å². The van der Waals surface area contributed by atoms with Gasteiger partial charge in [0.05, 0.1) is 13.5 Å². The molecule has 0 amide bonds. The minimum atomic E-state index is -0.104. The van der Waals surface area contributed by atoms with E-state index in [1.54, 1.807) is 0 Å². The van der Waals surface area contributed by atoms with Crippen molar-refractivity contribution in [3.05, 3.63) is 11.6 Å². The minimum Gasteiger partial charge on any atom is -0.469 e. The van der Waals surface area contributed by atoms with E-state index in [4.69, 9.17) is 0 Å². The topological polar surface area (TPSA) is 26.3 Å². The molecular formula is C10H16O2. The van der Waals surface area contributed by atoms with Gasteiger partial charge >= 0.3 is 5.97 Å². The third kappa shape index (κ3) is 1.68. The van der Waals surface area contributed by atoms with Gasteiger partial charge in [-0.3, -0.25) is 4.79 Å². The average molecular weight is 168 g/mol. The van der Waals surface area contributed by atoms with Gasteiger partial charge in [0.25, 0.3) is 0 Å². The Hall–Kier alpha value is -0.790. The summed E-state index contributed by atoms with van der Waals surface area (Å²) in [5, 5.41) is 0. The Balaban J connectivity index is 2.61. The first-order valence-electron chi connectivity index (χ1n) is 4.32. The SMILES string of the molecule is COC(=O)CC1(C)CCC=C1C. The Bertz CT molecular complexity index is 218. The van der Waals surface area contributed by atoms with Gasteiger partial charge in [-0.25, -0.2) is 0 Å². The quantitative estimate of drug-likeness (QED) is 0.467. The van der Waals surface area contributed by atoms with Crippen LogP contribution in [0.3, 0.4) is 0 Å². The van der Waals surface area contributed by atoms with Gasteiger partial charge < -0.3 is 4.74 Å². The molecule has 2 heteroatoms. The van der Waals surface area contributed by atoms with Crippen LogP contribution in [0.15, 0.2) is 11.6 Å². The lowest BCUT2D eigenvalue weighted by Gasteiger charge is -2.24. The number of ether oxygens (including phenoxy) is 1. The lowest BCUT2D eigenvalue weighted by molar-refractivity contribution is -0.142. The van der Waals surface area contributed by atoms with Crippen molar-refractivity contribution >= 4 is 5.97 Å². The fraction of sp³-hybridized carbons (Fsp3) is 0.700. The normalized spacial score (nSPS) is 28.4. The summed E-state index contributed by atoms with van der Waals surface area (Å²) in [7, 11) is 1.44. The molecule has 1 aliphatic carbocycles. The van der Waals surface area contributed by atoms with Crippen molar-refractivity contribution in [1.82, 2.24) is 0 Å². The minimum absolute atomic E-state index is 0.0626. The largest absolute Gasteiger partial charge is 0.469 e. The van der Waals surface area contributed by atoms with E-state index >= 15 is 0 Å². The van der Waals surface area contributed by atoms with Gasteiger partial charge in [0.2, 0.25) is 0 Å². The molecule has 12 heavy (non-hydrogen) atoms. The Morgan fingerprint density at radius 1 is 1.75 bits per heavy atom. The standard InChI is InChI=1S/C10H16O2/c1-8-5-4-6-10(8,2)7-9(11)12-3/h5H,4,6-7H2,1-3H3. The number of esters is 1. The van der Waals surface area contributed by atoms with Gasteiger partial charge in [0, 0.05) is 0 Å². The summed E-state index contributed by atoms with van der Waals surface area (Å²) in [6.07, 6.45) is 4.90. The molecule has 0 saturated carbocycles. The molecule has 1 atom stereocenters. The first-order valence-corrected chi connectivity index (χ1v) is 4.32. The maximum absolute atomic E-state index is 11.1. The number of carbonyl (C=O) groups excluding carboxylic acids is 1. The van der Waals surface area contributed by atoms with Crippen molar-refractivity contribution in [3.63, 3.8) is 0 Å². The van der Waals surface area contributed by atoms with Gasteiger partial charge in [-0.15, -0.1) is 0 Å². The van der Waals surface area contributed by atoms with E-state index in [1.807, 2.05) is 0 Å². The third-order valence-electron chi connectivity index (χ3n) is 2.86. The van der Waals surface area contributed by atoms with E-state index in [9.17, 15) is 4.79 Å². The first kappa shape index (κ1) is 9.30. The summed E-state index contributed by atoms with van der Waals surface area (Å²) < 4.78 is 4.66. The number of carbonyl (C=O) groups is 1. The summed E-state index contributed by atoms with van der Waals surface area (Å²) >= 11 is 0. The Morgan fingerprint density at radius 3 is 2.83 bits per heavy atom. The van der Waals surface area contributed by atoms with Crippen molar-refractivity contribution in [3.8, 4) is 0 Å². The number of hydrogen-bond acceptors (Lipinski definition) is 2. The van der Waals surface area contributed by atoms with Gasteiger partial charge in [-0.2, -0.15) is 0 Å². The zero-order valence-corrected chi connectivity index (χ0v) is 8.02. The molecule has 0 fully saturated rings. The number of hydrogen-bond donors (Lipinski definition) is 0. The molecule has 0 aromatic rings. The van der Waals surface area contributed by atoms with Gasteiger partial charge in [-0.1, -0.05) is 18.6 Å². The average Bonchev–Trinajstić information content (AvgIpc) is 2.32. The predicted octanol–water partition coefficient (Wildman–Crippen LogP) is 2.30. The van der Waals surface area contributed by atoms with Crippen molar-refractivity contribution in [2.24, 2.45) is 5.41 Å². The van der Waals surface area contributed by atoms with Crippen LogP contribution in [0.4, 0.5) is 0 Å². The van der Waals surface area contributed by atoms with Gasteiger partial charge in [-0.05, 0) is 25.2 Å². The van der Waals surface area contributed by atoms with E-state index in [0.717, 1.165) is 12.8 Å². The summed E-state index contributed by atoms with van der Waals surface area (Å²) in [6.45, 7) is 4.22. The van der Waals surface area contributed by atoms with Crippen LogP contribution in [0.5, 0.6) is 0 Å². The predicted molar refractivity (Wildman–Crippen MR) is 47.7 cm³/mol. The second-order valence-corrected chi connectivity index (χ2v) is 3.74. The zero-order chi connectivity index (χ0) is 9.19. The summed E-state index contributed by atoms with van der Waals surface area (Å²) in [5.41, 5.74) is 1.39. The maximum atomic E-state index is 11.1. The summed E-state index contributed by atoms with van der Waals surface area (Å²) in [5.74, 6) is -0.104. The van der Waals surface area contributed by atoms with Crippen LogP contribution >= 0.6 is 0 Å². The van der Waals surface area contributed by atoms with Crippen LogP contribution in [0.25, 0.3) is 0 Å². The van der Waals surface area contributed by atoms with Gasteiger partial charge in [0.15, 0.2) is 0 Å². The third-order valence-corrected chi connectivity index (χ3v) is 2.86. The fourth-order valence-corrected chi connectivity index (χ4v) is 1.67. The fourth-order valence-electron chi connectivity index (χ4n) is 1.67. The Morgan fingerprint density at radius 2 is 2.42 bits per heavy atom. The van der Waals surface area contributed by atoms with E-state index in [-0.39, 0.29) is 11.4 Å². The number of methoxy groups -OCH3 is 1. The van der Waals surface area contributed by atoms with Crippen LogP contribution in [-0.2, 0) is 9.53 Å². The van der Waals surface area contributed by atoms with Crippen molar-refractivity contribution in [2.45, 2.75) is 33.1 Å². The highest BCUT2D eigenvalue weighted by Crippen LogP contribution is 2.41. The highest BCUT2D eigenvalue weighted by molar-refractivity contribution is 5.70. The maximum Gasteiger partial charge on any atom is 0.306 e. The van der Waals surface area contributed by atoms with Crippen LogP contribution in [0.1, 0.15) is 33.1 Å². The van der Waals surface area contributed by atoms with Gasteiger partial charge in [0.1, 0.15) is 0 Å². The number of rotatable bonds is 2. The summed E-state index contributed by atoms with van der Waals surface area (Å²) in [4.78, 5) is 11.1. The van der Waals surface area contributed by atoms with E-state index in [1.165, 1.54) is 12.7 Å². The molecule has 1 rings (SSSR count). The second kappa shape index (κ2) is 3.30. The molecule has 1 unspecified atom stereocenters. The Labute approximate surface area is 73.6 Å². The monoisotopic (exact) mass is 168 g/mol. The van der Waals surface area contributed by atoms with Crippen LogP contribution in [0.2, 0.25) is 0 Å². The molecule has 0 radical (unpaired) electrons. The molecular weight excluding hydrogens is 152 g/mol. The van der Waals surface area contributed by atoms with Crippen LogP contribution in [0, 0.1) is 5.41 Å². The molecule has 0 N–H and O–H groups in total. The molecule has 0 bridgehead atoms. The molecule has 0 spiro atoms. The van der Waals surface area contributed by atoms with E-state index in [0.29, 0.717) is 6.42 Å². The van der Waals surface area contributed by atoms with Crippen molar-refractivity contribution in [1.29, 1.82) is 0 Å². The smallest absolute Gasteiger partial charge is 0.306 e. The highest BCUT2D eigenvalue weighted by Gasteiger charge is 2.32. The molecule has 0 aliphatic heterocycles. The first-order chi connectivity index (χ1) is 5.58. The number of allylic oxidation sites excluding steroid dienone is 2. The lowest BCUT2D eigenvalue weighted by Crippen LogP contribution is -2.20. The lowest BCUT2D eigenvalue weighted by atomic mass is 9.81.